The minimum Gasteiger partial charge on any atom is -0.355 e. The van der Waals surface area contributed by atoms with Crippen LogP contribution in [-0.4, -0.2) is 50.5 Å². The molecule has 0 heterocycles. The predicted octanol–water partition coefficient (Wildman–Crippen LogP) is 3.50. The zero-order valence-electron chi connectivity index (χ0n) is 19.1. The third-order valence-corrected chi connectivity index (χ3v) is 6.51. The van der Waals surface area contributed by atoms with Crippen LogP contribution in [0.4, 0.5) is 10.1 Å². The van der Waals surface area contributed by atoms with E-state index >= 15 is 0 Å². The van der Waals surface area contributed by atoms with Gasteiger partial charge in [-0.15, -0.1) is 0 Å². The maximum Gasteiger partial charge on any atom is 0.244 e. The van der Waals surface area contributed by atoms with Crippen molar-refractivity contribution in [3.63, 3.8) is 0 Å². The Morgan fingerprint density at radius 1 is 1.12 bits per heavy atom. The number of aryl methyl sites for hydroxylation is 1. The number of carbonyl (C=O) groups excluding carboxylic acids is 2. The first-order chi connectivity index (χ1) is 15.5. The molecule has 33 heavy (non-hydrogen) atoms. The number of anilines is 1. The highest BCUT2D eigenvalue weighted by molar-refractivity contribution is 7.92. The Hall–Kier alpha value is -2.65. The van der Waals surface area contributed by atoms with Crippen LogP contribution in [0.15, 0.2) is 42.5 Å². The van der Waals surface area contributed by atoms with Crippen molar-refractivity contribution >= 4 is 39.1 Å². The summed E-state index contributed by atoms with van der Waals surface area (Å²) in [7, 11) is -3.91. The fraction of sp³-hybridized carbons (Fsp3) is 0.391. The van der Waals surface area contributed by atoms with Crippen LogP contribution in [0.1, 0.15) is 31.4 Å². The molecule has 0 bridgehead atoms. The standard InChI is InChI=1S/C23H29ClFN3O4S/c1-5-21(23(30)26-6-2)27(14-17-9-7-16(3)8-10-17)22(29)15-28(33(4,31)32)18-11-12-20(25)19(24)13-18/h7-13,21H,5-6,14-15H2,1-4H3,(H,26,30)/t21-/m1/s1. The number of hydrogen-bond donors (Lipinski definition) is 1. The topological polar surface area (TPSA) is 86.8 Å². The molecule has 0 fully saturated rings. The summed E-state index contributed by atoms with van der Waals surface area (Å²) in [6.07, 6.45) is 1.29. The van der Waals surface area contributed by atoms with E-state index in [1.807, 2.05) is 31.2 Å². The number of sulfonamides is 1. The van der Waals surface area contributed by atoms with Gasteiger partial charge in [0.05, 0.1) is 17.0 Å². The van der Waals surface area contributed by atoms with Gasteiger partial charge in [-0.2, -0.15) is 0 Å². The molecule has 0 spiro atoms. The summed E-state index contributed by atoms with van der Waals surface area (Å²) in [5, 5.41) is 2.47. The molecule has 0 unspecified atom stereocenters. The number of carbonyl (C=O) groups is 2. The highest BCUT2D eigenvalue weighted by atomic mass is 35.5. The molecular weight excluding hydrogens is 469 g/mol. The van der Waals surface area contributed by atoms with Gasteiger partial charge in [0.2, 0.25) is 21.8 Å². The van der Waals surface area contributed by atoms with E-state index in [4.69, 9.17) is 11.6 Å². The lowest BCUT2D eigenvalue weighted by Gasteiger charge is -2.32. The van der Waals surface area contributed by atoms with Crippen molar-refractivity contribution < 1.29 is 22.4 Å². The van der Waals surface area contributed by atoms with Crippen molar-refractivity contribution in [2.45, 2.75) is 39.8 Å². The third kappa shape index (κ3) is 7.17. The predicted molar refractivity (Wildman–Crippen MR) is 128 cm³/mol. The average molecular weight is 498 g/mol. The molecule has 0 aromatic heterocycles. The molecule has 10 heteroatoms. The van der Waals surface area contributed by atoms with Crippen LogP contribution in [0.2, 0.25) is 5.02 Å². The Morgan fingerprint density at radius 2 is 1.76 bits per heavy atom. The van der Waals surface area contributed by atoms with Gasteiger partial charge < -0.3 is 10.2 Å². The van der Waals surface area contributed by atoms with Crippen molar-refractivity contribution in [2.75, 3.05) is 23.7 Å². The van der Waals surface area contributed by atoms with E-state index in [0.29, 0.717) is 13.0 Å². The first kappa shape index (κ1) is 26.6. The lowest BCUT2D eigenvalue weighted by atomic mass is 10.1. The molecule has 0 aliphatic rings. The molecule has 2 amide bonds. The second-order valence-electron chi connectivity index (χ2n) is 7.69. The van der Waals surface area contributed by atoms with Gasteiger partial charge in [-0.05, 0) is 44.0 Å². The average Bonchev–Trinajstić information content (AvgIpc) is 2.74. The Balaban J connectivity index is 2.44. The third-order valence-electron chi connectivity index (χ3n) is 5.08. The summed E-state index contributed by atoms with van der Waals surface area (Å²) >= 11 is 5.83. The Kier molecular flexibility index (Phi) is 9.25. The lowest BCUT2D eigenvalue weighted by Crippen LogP contribution is -2.52. The molecule has 2 aromatic carbocycles. The van der Waals surface area contributed by atoms with Crippen molar-refractivity contribution in [2.24, 2.45) is 0 Å². The maximum atomic E-state index is 13.6. The van der Waals surface area contributed by atoms with Crippen molar-refractivity contribution in [1.82, 2.24) is 10.2 Å². The minimum atomic E-state index is -3.91. The van der Waals surface area contributed by atoms with Gasteiger partial charge in [0.25, 0.3) is 0 Å². The van der Waals surface area contributed by atoms with Crippen molar-refractivity contribution in [1.29, 1.82) is 0 Å². The van der Waals surface area contributed by atoms with E-state index in [1.54, 1.807) is 13.8 Å². The van der Waals surface area contributed by atoms with Crippen LogP contribution < -0.4 is 9.62 Å². The zero-order chi connectivity index (χ0) is 24.8. The molecule has 0 radical (unpaired) electrons. The van der Waals surface area contributed by atoms with Gasteiger partial charge in [0.1, 0.15) is 18.4 Å². The quantitative estimate of drug-likeness (QED) is 0.544. The van der Waals surface area contributed by atoms with Crippen molar-refractivity contribution in [3.05, 3.63) is 64.4 Å². The summed E-state index contributed by atoms with van der Waals surface area (Å²) in [5.74, 6) is -1.60. The van der Waals surface area contributed by atoms with E-state index in [0.717, 1.165) is 33.8 Å². The molecule has 2 rings (SSSR count). The summed E-state index contributed by atoms with van der Waals surface area (Å²) in [4.78, 5) is 27.5. The van der Waals surface area contributed by atoms with Gasteiger partial charge in [0.15, 0.2) is 0 Å². The molecule has 1 atom stereocenters. The molecule has 0 saturated carbocycles. The number of benzene rings is 2. The second-order valence-corrected chi connectivity index (χ2v) is 10.0. The maximum absolute atomic E-state index is 13.6. The zero-order valence-corrected chi connectivity index (χ0v) is 20.7. The van der Waals surface area contributed by atoms with Gasteiger partial charge in [-0.25, -0.2) is 12.8 Å². The number of nitrogens with zero attached hydrogens (tertiary/aromatic N) is 2. The Labute approximate surface area is 199 Å². The fourth-order valence-corrected chi connectivity index (χ4v) is 4.37. The van der Waals surface area contributed by atoms with E-state index in [-0.39, 0.29) is 23.2 Å². The molecule has 2 aromatic rings. The monoisotopic (exact) mass is 497 g/mol. The summed E-state index contributed by atoms with van der Waals surface area (Å²) in [6, 6.07) is 10.1. The van der Waals surface area contributed by atoms with Crippen LogP contribution in [-0.2, 0) is 26.2 Å². The van der Waals surface area contributed by atoms with Gasteiger partial charge in [-0.1, -0.05) is 48.4 Å². The molecule has 0 saturated heterocycles. The van der Waals surface area contributed by atoms with Gasteiger partial charge >= 0.3 is 0 Å². The SMILES string of the molecule is CCNC(=O)[C@@H](CC)N(Cc1ccc(C)cc1)C(=O)CN(c1ccc(F)c(Cl)c1)S(C)(=O)=O. The lowest BCUT2D eigenvalue weighted by molar-refractivity contribution is -0.140. The number of hydrogen-bond acceptors (Lipinski definition) is 4. The van der Waals surface area contributed by atoms with Gasteiger partial charge in [0, 0.05) is 13.1 Å². The van der Waals surface area contributed by atoms with E-state index in [1.165, 1.54) is 11.0 Å². The van der Waals surface area contributed by atoms with Crippen LogP contribution >= 0.6 is 11.6 Å². The fourth-order valence-electron chi connectivity index (χ4n) is 3.36. The smallest absolute Gasteiger partial charge is 0.244 e. The highest BCUT2D eigenvalue weighted by Gasteiger charge is 2.31. The first-order valence-electron chi connectivity index (χ1n) is 10.5. The molecular formula is C23H29ClFN3O4S. The van der Waals surface area contributed by atoms with E-state index in [2.05, 4.69) is 5.32 Å². The summed E-state index contributed by atoms with van der Waals surface area (Å²) < 4.78 is 39.5. The largest absolute Gasteiger partial charge is 0.355 e. The van der Waals surface area contributed by atoms with E-state index < -0.39 is 34.3 Å². The van der Waals surface area contributed by atoms with Crippen LogP contribution in [0, 0.1) is 12.7 Å². The number of amides is 2. The minimum absolute atomic E-state index is 0.0543. The number of nitrogens with one attached hydrogen (secondary N) is 1. The second kappa shape index (κ2) is 11.5. The summed E-state index contributed by atoms with van der Waals surface area (Å²) in [5.41, 5.74) is 1.90. The van der Waals surface area contributed by atoms with Crippen LogP contribution in [0.3, 0.4) is 0 Å². The normalized spacial score (nSPS) is 12.2. The number of rotatable bonds is 10. The first-order valence-corrected chi connectivity index (χ1v) is 12.8. The number of halogens is 2. The Bertz CT molecular complexity index is 1090. The summed E-state index contributed by atoms with van der Waals surface area (Å²) in [6.45, 7) is 5.45. The number of likely N-dealkylation sites (N-methyl/N-ethyl adjacent to an activating group) is 1. The molecule has 7 nitrogen and oxygen atoms in total. The molecule has 180 valence electrons. The molecule has 1 N–H and O–H groups in total. The van der Waals surface area contributed by atoms with E-state index in [9.17, 15) is 22.4 Å². The highest BCUT2D eigenvalue weighted by Crippen LogP contribution is 2.25. The van der Waals surface area contributed by atoms with Crippen LogP contribution in [0.5, 0.6) is 0 Å². The van der Waals surface area contributed by atoms with Crippen molar-refractivity contribution in [3.8, 4) is 0 Å². The molecule has 0 aliphatic carbocycles. The molecule has 0 aliphatic heterocycles. The Morgan fingerprint density at radius 3 is 2.27 bits per heavy atom. The van der Waals surface area contributed by atoms with Crippen LogP contribution in [0.25, 0.3) is 0 Å². The van der Waals surface area contributed by atoms with Gasteiger partial charge in [-0.3, -0.25) is 13.9 Å².